The zero-order valence-corrected chi connectivity index (χ0v) is 13.3. The second-order valence-corrected chi connectivity index (χ2v) is 6.01. The second kappa shape index (κ2) is 8.33. The summed E-state index contributed by atoms with van der Waals surface area (Å²) in [5.41, 5.74) is 6.84. The summed E-state index contributed by atoms with van der Waals surface area (Å²) in [5, 5.41) is 0. The van der Waals surface area contributed by atoms with Gasteiger partial charge in [0.05, 0.1) is 0 Å². The number of nitrogens with two attached hydrogens (primary N) is 1. The van der Waals surface area contributed by atoms with Crippen LogP contribution in [-0.2, 0) is 11.2 Å². The molecule has 0 bridgehead atoms. The molecule has 0 saturated carbocycles. The Hall–Kier alpha value is -0.870. The van der Waals surface area contributed by atoms with Gasteiger partial charge in [-0.15, -0.1) is 0 Å². The van der Waals surface area contributed by atoms with Crippen LogP contribution < -0.4 is 5.73 Å². The molecular formula is C15H23BrN2O. The Morgan fingerprint density at radius 2 is 2.00 bits per heavy atom. The predicted molar refractivity (Wildman–Crippen MR) is 82.9 cm³/mol. The maximum atomic E-state index is 11.9. The summed E-state index contributed by atoms with van der Waals surface area (Å²) in [7, 11) is 1.86. The zero-order valence-electron chi connectivity index (χ0n) is 11.7. The number of benzene rings is 1. The van der Waals surface area contributed by atoms with E-state index in [9.17, 15) is 4.79 Å². The molecule has 1 unspecified atom stereocenters. The summed E-state index contributed by atoms with van der Waals surface area (Å²) in [5.74, 6) is 0.567. The van der Waals surface area contributed by atoms with Crippen LogP contribution in [0.5, 0.6) is 0 Å². The first kappa shape index (κ1) is 16.2. The fraction of sp³-hybridized carbons (Fsp3) is 0.533. The van der Waals surface area contributed by atoms with Gasteiger partial charge in [-0.2, -0.15) is 0 Å². The van der Waals surface area contributed by atoms with Crippen LogP contribution in [0.3, 0.4) is 0 Å². The predicted octanol–water partition coefficient (Wildman–Crippen LogP) is 2.83. The molecule has 2 N–H and O–H groups in total. The summed E-state index contributed by atoms with van der Waals surface area (Å²) in [6.07, 6.45) is 2.44. The summed E-state index contributed by atoms with van der Waals surface area (Å²) >= 11 is 3.41. The van der Waals surface area contributed by atoms with Gasteiger partial charge in [0.2, 0.25) is 5.91 Å². The molecule has 0 saturated heterocycles. The van der Waals surface area contributed by atoms with Gasteiger partial charge in [-0.05, 0) is 43.0 Å². The van der Waals surface area contributed by atoms with Crippen molar-refractivity contribution >= 4 is 21.8 Å². The first-order chi connectivity index (χ1) is 9.02. The summed E-state index contributed by atoms with van der Waals surface area (Å²) in [6.45, 7) is 3.43. The van der Waals surface area contributed by atoms with E-state index in [0.29, 0.717) is 18.9 Å². The summed E-state index contributed by atoms with van der Waals surface area (Å²) < 4.78 is 1.09. The molecule has 1 amide bonds. The van der Waals surface area contributed by atoms with Crippen LogP contribution in [-0.4, -0.2) is 30.9 Å². The smallest absolute Gasteiger partial charge is 0.222 e. The van der Waals surface area contributed by atoms with Gasteiger partial charge in [0.1, 0.15) is 0 Å². The van der Waals surface area contributed by atoms with Gasteiger partial charge in [-0.3, -0.25) is 4.79 Å². The van der Waals surface area contributed by atoms with Crippen LogP contribution in [0.4, 0.5) is 0 Å². The van der Waals surface area contributed by atoms with E-state index >= 15 is 0 Å². The maximum absolute atomic E-state index is 11.9. The van der Waals surface area contributed by atoms with Gasteiger partial charge in [0.25, 0.3) is 0 Å². The van der Waals surface area contributed by atoms with Gasteiger partial charge >= 0.3 is 0 Å². The Morgan fingerprint density at radius 3 is 2.58 bits per heavy atom. The Kier molecular flexibility index (Phi) is 7.10. The summed E-state index contributed by atoms with van der Waals surface area (Å²) in [6, 6.07) is 8.25. The van der Waals surface area contributed by atoms with E-state index in [2.05, 4.69) is 35.0 Å². The van der Waals surface area contributed by atoms with Crippen LogP contribution in [0.25, 0.3) is 0 Å². The maximum Gasteiger partial charge on any atom is 0.222 e. The monoisotopic (exact) mass is 326 g/mol. The highest BCUT2D eigenvalue weighted by Gasteiger charge is 2.11. The van der Waals surface area contributed by atoms with Crippen molar-refractivity contribution in [3.05, 3.63) is 34.3 Å². The minimum absolute atomic E-state index is 0.206. The lowest BCUT2D eigenvalue weighted by molar-refractivity contribution is -0.130. The highest BCUT2D eigenvalue weighted by molar-refractivity contribution is 9.10. The number of halogens is 1. The lowest BCUT2D eigenvalue weighted by Gasteiger charge is -2.20. The minimum Gasteiger partial charge on any atom is -0.345 e. The summed E-state index contributed by atoms with van der Waals surface area (Å²) in [4.78, 5) is 13.7. The van der Waals surface area contributed by atoms with Crippen molar-refractivity contribution in [3.8, 4) is 0 Å². The topological polar surface area (TPSA) is 46.3 Å². The number of carbonyl (C=O) groups is 1. The van der Waals surface area contributed by atoms with Gasteiger partial charge in [-0.25, -0.2) is 0 Å². The fourth-order valence-electron chi connectivity index (χ4n) is 1.93. The number of amides is 1. The number of hydrogen-bond acceptors (Lipinski definition) is 2. The molecule has 0 radical (unpaired) electrons. The van der Waals surface area contributed by atoms with E-state index < -0.39 is 0 Å². The normalized spacial score (nSPS) is 12.2. The third-order valence-corrected chi connectivity index (χ3v) is 3.71. The molecule has 19 heavy (non-hydrogen) atoms. The molecule has 1 aromatic rings. The molecule has 0 aromatic heterocycles. The molecule has 106 valence electrons. The molecule has 0 fully saturated rings. The molecule has 0 aliphatic heterocycles. The molecule has 0 aliphatic carbocycles. The van der Waals surface area contributed by atoms with Gasteiger partial charge < -0.3 is 10.6 Å². The Labute approximate surface area is 124 Å². The first-order valence-electron chi connectivity index (χ1n) is 6.71. The first-order valence-corrected chi connectivity index (χ1v) is 7.50. The van der Waals surface area contributed by atoms with E-state index in [0.717, 1.165) is 23.9 Å². The van der Waals surface area contributed by atoms with Gasteiger partial charge in [0.15, 0.2) is 0 Å². The van der Waals surface area contributed by atoms with Gasteiger partial charge in [-0.1, -0.05) is 35.0 Å². The Bertz CT molecular complexity index is 392. The van der Waals surface area contributed by atoms with E-state index in [1.54, 1.807) is 4.90 Å². The number of rotatable bonds is 7. The average molecular weight is 327 g/mol. The van der Waals surface area contributed by atoms with Crippen LogP contribution in [0, 0.1) is 5.92 Å². The van der Waals surface area contributed by atoms with Crippen LogP contribution in [0.2, 0.25) is 0 Å². The number of aryl methyl sites for hydroxylation is 1. The van der Waals surface area contributed by atoms with E-state index in [1.807, 2.05) is 19.2 Å². The van der Waals surface area contributed by atoms with Crippen molar-refractivity contribution in [1.29, 1.82) is 0 Å². The molecular weight excluding hydrogens is 304 g/mol. The highest BCUT2D eigenvalue weighted by Crippen LogP contribution is 2.12. The fourth-order valence-corrected chi connectivity index (χ4v) is 2.19. The third-order valence-electron chi connectivity index (χ3n) is 3.18. The quantitative estimate of drug-likeness (QED) is 0.837. The van der Waals surface area contributed by atoms with Crippen molar-refractivity contribution < 1.29 is 4.79 Å². The molecule has 1 atom stereocenters. The van der Waals surface area contributed by atoms with Crippen molar-refractivity contribution in [2.24, 2.45) is 11.7 Å². The van der Waals surface area contributed by atoms with Gasteiger partial charge in [0, 0.05) is 24.5 Å². The van der Waals surface area contributed by atoms with Crippen LogP contribution in [0.1, 0.15) is 25.3 Å². The van der Waals surface area contributed by atoms with Crippen LogP contribution >= 0.6 is 15.9 Å². The SMILES string of the molecule is CC(CN)CN(C)C(=O)CCCc1ccc(Br)cc1. The highest BCUT2D eigenvalue weighted by atomic mass is 79.9. The number of hydrogen-bond donors (Lipinski definition) is 1. The van der Waals surface area contributed by atoms with E-state index in [4.69, 9.17) is 5.73 Å². The second-order valence-electron chi connectivity index (χ2n) is 5.10. The largest absolute Gasteiger partial charge is 0.345 e. The van der Waals surface area contributed by atoms with Crippen LogP contribution in [0.15, 0.2) is 28.7 Å². The lowest BCUT2D eigenvalue weighted by atomic mass is 10.1. The number of carbonyl (C=O) groups excluding carboxylic acids is 1. The Morgan fingerprint density at radius 1 is 1.37 bits per heavy atom. The number of nitrogens with zero attached hydrogens (tertiary/aromatic N) is 1. The molecule has 0 aliphatic rings. The van der Waals surface area contributed by atoms with Crippen molar-refractivity contribution in [1.82, 2.24) is 4.90 Å². The lowest BCUT2D eigenvalue weighted by Crippen LogP contribution is -2.33. The van der Waals surface area contributed by atoms with Crippen molar-refractivity contribution in [2.45, 2.75) is 26.2 Å². The third kappa shape index (κ3) is 6.21. The molecule has 3 nitrogen and oxygen atoms in total. The molecule has 0 spiro atoms. The average Bonchev–Trinajstić information content (AvgIpc) is 2.40. The minimum atomic E-state index is 0.206. The standard InChI is InChI=1S/C15H23BrN2O/c1-12(10-17)11-18(2)15(19)5-3-4-13-6-8-14(16)9-7-13/h6-9,12H,3-5,10-11,17H2,1-2H3. The van der Waals surface area contributed by atoms with Crippen molar-refractivity contribution in [3.63, 3.8) is 0 Å². The molecule has 1 aromatic carbocycles. The molecule has 1 rings (SSSR count). The van der Waals surface area contributed by atoms with Crippen molar-refractivity contribution in [2.75, 3.05) is 20.1 Å². The molecule has 4 heteroatoms. The molecule has 0 heterocycles. The zero-order chi connectivity index (χ0) is 14.3. The van der Waals surface area contributed by atoms with E-state index in [-0.39, 0.29) is 5.91 Å². The van der Waals surface area contributed by atoms with E-state index in [1.165, 1.54) is 5.56 Å². The Balaban J connectivity index is 2.28.